The predicted molar refractivity (Wildman–Crippen MR) is 86.9 cm³/mol. The van der Waals surface area contributed by atoms with Gasteiger partial charge in [0.1, 0.15) is 0 Å². The van der Waals surface area contributed by atoms with Crippen molar-refractivity contribution in [2.75, 3.05) is 25.4 Å². The average molecular weight is 369 g/mol. The number of ether oxygens (including phenoxy) is 1. The molecule has 2 aliphatic heterocycles. The SMILES string of the molecule is O=C([O-])C1CCN(C(=O)CSc2n[nH]c(=O)n2C[C@@H]2CCCO2)CC1. The summed E-state index contributed by atoms with van der Waals surface area (Å²) in [7, 11) is 0. The maximum absolute atomic E-state index is 12.3. The number of likely N-dealkylation sites (tertiary alicyclic amines) is 1. The Labute approximate surface area is 148 Å². The van der Waals surface area contributed by atoms with E-state index in [4.69, 9.17) is 4.74 Å². The molecule has 2 aliphatic rings. The minimum Gasteiger partial charge on any atom is -0.550 e. The lowest BCUT2D eigenvalue weighted by Gasteiger charge is -2.32. The molecule has 10 heteroatoms. The highest BCUT2D eigenvalue weighted by atomic mass is 32.2. The summed E-state index contributed by atoms with van der Waals surface area (Å²) in [4.78, 5) is 36.7. The van der Waals surface area contributed by atoms with E-state index in [0.717, 1.165) is 12.8 Å². The van der Waals surface area contributed by atoms with E-state index >= 15 is 0 Å². The van der Waals surface area contributed by atoms with Gasteiger partial charge in [0.15, 0.2) is 5.16 Å². The van der Waals surface area contributed by atoms with Gasteiger partial charge in [-0.2, -0.15) is 0 Å². The molecule has 1 atom stereocenters. The number of carboxylic acid groups (broad SMARTS) is 1. The maximum atomic E-state index is 12.3. The monoisotopic (exact) mass is 369 g/mol. The number of carbonyl (C=O) groups is 2. The summed E-state index contributed by atoms with van der Waals surface area (Å²) in [6.45, 7) is 1.98. The molecular formula is C15H21N4O5S-. The molecule has 0 spiro atoms. The van der Waals surface area contributed by atoms with E-state index < -0.39 is 11.9 Å². The highest BCUT2D eigenvalue weighted by molar-refractivity contribution is 7.99. The second-order valence-corrected chi connectivity index (χ2v) is 7.26. The molecule has 0 radical (unpaired) electrons. The number of aliphatic carboxylic acids is 1. The fourth-order valence-electron chi connectivity index (χ4n) is 3.15. The zero-order valence-corrected chi connectivity index (χ0v) is 14.6. The molecule has 9 nitrogen and oxygen atoms in total. The molecule has 2 fully saturated rings. The molecule has 0 bridgehead atoms. The minimum absolute atomic E-state index is 0.00834. The van der Waals surface area contributed by atoms with E-state index in [2.05, 4.69) is 10.2 Å². The number of thioether (sulfide) groups is 1. The Bertz CT molecular complexity index is 674. The molecule has 0 aromatic carbocycles. The lowest BCUT2D eigenvalue weighted by molar-refractivity contribution is -0.312. The highest BCUT2D eigenvalue weighted by Crippen LogP contribution is 2.21. The topological polar surface area (TPSA) is 120 Å². The first-order valence-corrected chi connectivity index (χ1v) is 9.41. The van der Waals surface area contributed by atoms with Gasteiger partial charge in [-0.1, -0.05) is 11.8 Å². The standard InChI is InChI=1S/C15H22N4O5S/c20-12(18-5-3-10(4-6-18)13(21)22)9-25-15-17-16-14(23)19(15)8-11-2-1-7-24-11/h10-11H,1-9H2,(H,16,23)(H,21,22)/p-1/t11-/m0/s1. The predicted octanol–water partition coefficient (Wildman–Crippen LogP) is -1.17. The molecule has 1 amide bonds. The molecule has 3 heterocycles. The van der Waals surface area contributed by atoms with Gasteiger partial charge in [0, 0.05) is 31.6 Å². The second kappa shape index (κ2) is 8.05. The van der Waals surface area contributed by atoms with Crippen LogP contribution in [0.25, 0.3) is 0 Å². The Morgan fingerprint density at radius 1 is 1.32 bits per heavy atom. The second-order valence-electron chi connectivity index (χ2n) is 6.32. The number of nitrogens with one attached hydrogen (secondary N) is 1. The van der Waals surface area contributed by atoms with Crippen molar-refractivity contribution < 1.29 is 19.4 Å². The van der Waals surface area contributed by atoms with Crippen molar-refractivity contribution in [3.05, 3.63) is 10.5 Å². The maximum Gasteiger partial charge on any atom is 0.344 e. The van der Waals surface area contributed by atoms with Gasteiger partial charge in [-0.15, -0.1) is 5.10 Å². The molecule has 1 aromatic heterocycles. The van der Waals surface area contributed by atoms with Crippen LogP contribution in [0.1, 0.15) is 25.7 Å². The summed E-state index contributed by atoms with van der Waals surface area (Å²) < 4.78 is 7.06. The third-order valence-electron chi connectivity index (χ3n) is 4.64. The minimum atomic E-state index is -1.05. The molecule has 1 aromatic rings. The van der Waals surface area contributed by atoms with Crippen molar-refractivity contribution in [2.45, 2.75) is 43.5 Å². The van der Waals surface area contributed by atoms with Crippen LogP contribution >= 0.6 is 11.8 Å². The van der Waals surface area contributed by atoms with Crippen LogP contribution in [0, 0.1) is 5.92 Å². The fourth-order valence-corrected chi connectivity index (χ4v) is 4.01. The Kier molecular flexibility index (Phi) is 5.79. The Balaban J connectivity index is 1.52. The smallest absolute Gasteiger partial charge is 0.344 e. The summed E-state index contributed by atoms with van der Waals surface area (Å²) in [6, 6.07) is 0. The molecule has 0 aliphatic carbocycles. The first kappa shape index (κ1) is 18.0. The van der Waals surface area contributed by atoms with Gasteiger partial charge in [-0.05, 0) is 25.7 Å². The van der Waals surface area contributed by atoms with Gasteiger partial charge in [0.05, 0.1) is 18.4 Å². The normalized spacial score (nSPS) is 21.6. The lowest BCUT2D eigenvalue weighted by atomic mass is 9.97. The summed E-state index contributed by atoms with van der Waals surface area (Å²) in [6.07, 6.45) is 2.75. The van der Waals surface area contributed by atoms with Gasteiger partial charge in [0.2, 0.25) is 5.91 Å². The van der Waals surface area contributed by atoms with Crippen LogP contribution in [-0.2, 0) is 20.9 Å². The number of rotatable bonds is 6. The zero-order valence-electron chi connectivity index (χ0n) is 13.8. The number of aromatic amines is 1. The van der Waals surface area contributed by atoms with Crippen LogP contribution in [-0.4, -0.2) is 63.1 Å². The van der Waals surface area contributed by atoms with Gasteiger partial charge in [0.25, 0.3) is 0 Å². The van der Waals surface area contributed by atoms with Crippen LogP contribution in [0.15, 0.2) is 9.95 Å². The third-order valence-corrected chi connectivity index (χ3v) is 5.60. The largest absolute Gasteiger partial charge is 0.550 e. The van der Waals surface area contributed by atoms with Gasteiger partial charge in [-0.25, -0.2) is 9.89 Å². The Hall–Kier alpha value is -1.81. The molecule has 138 valence electrons. The van der Waals surface area contributed by atoms with E-state index in [1.165, 1.54) is 16.3 Å². The Morgan fingerprint density at radius 3 is 2.72 bits per heavy atom. The summed E-state index contributed by atoms with van der Waals surface area (Å²) in [5.41, 5.74) is -0.305. The zero-order chi connectivity index (χ0) is 17.8. The van der Waals surface area contributed by atoms with E-state index in [9.17, 15) is 19.5 Å². The third kappa shape index (κ3) is 4.43. The van der Waals surface area contributed by atoms with Crippen molar-refractivity contribution in [2.24, 2.45) is 5.92 Å². The van der Waals surface area contributed by atoms with E-state index in [1.807, 2.05) is 0 Å². The number of aromatic nitrogens is 3. The van der Waals surface area contributed by atoms with Crippen LogP contribution in [0.5, 0.6) is 0 Å². The van der Waals surface area contributed by atoms with Crippen LogP contribution < -0.4 is 10.8 Å². The van der Waals surface area contributed by atoms with Crippen molar-refractivity contribution >= 4 is 23.6 Å². The van der Waals surface area contributed by atoms with Crippen LogP contribution in [0.2, 0.25) is 0 Å². The molecule has 1 N–H and O–H groups in total. The first-order valence-electron chi connectivity index (χ1n) is 8.43. The number of nitrogens with zero attached hydrogens (tertiary/aromatic N) is 3. The number of H-pyrrole nitrogens is 1. The first-order chi connectivity index (χ1) is 12.0. The van der Waals surface area contributed by atoms with Crippen molar-refractivity contribution in [1.82, 2.24) is 19.7 Å². The quantitative estimate of drug-likeness (QED) is 0.627. The molecule has 0 unspecified atom stereocenters. The average Bonchev–Trinajstić information content (AvgIpc) is 3.24. The molecular weight excluding hydrogens is 348 g/mol. The summed E-state index contributed by atoms with van der Waals surface area (Å²) in [5, 5.41) is 17.7. The van der Waals surface area contributed by atoms with Crippen LogP contribution in [0.4, 0.5) is 0 Å². The highest BCUT2D eigenvalue weighted by Gasteiger charge is 2.24. The number of hydrogen-bond acceptors (Lipinski definition) is 7. The lowest BCUT2D eigenvalue weighted by Crippen LogP contribution is -2.44. The van der Waals surface area contributed by atoms with E-state index in [0.29, 0.717) is 44.2 Å². The summed E-state index contributed by atoms with van der Waals surface area (Å²) >= 11 is 1.21. The Morgan fingerprint density at radius 2 is 2.08 bits per heavy atom. The molecule has 0 saturated carbocycles. The van der Waals surface area contributed by atoms with Crippen molar-refractivity contribution in [1.29, 1.82) is 0 Å². The van der Waals surface area contributed by atoms with Gasteiger partial charge >= 0.3 is 5.69 Å². The number of carboxylic acids is 1. The van der Waals surface area contributed by atoms with E-state index in [1.54, 1.807) is 4.90 Å². The van der Waals surface area contributed by atoms with Crippen LogP contribution in [0.3, 0.4) is 0 Å². The molecule has 25 heavy (non-hydrogen) atoms. The van der Waals surface area contributed by atoms with Gasteiger partial charge in [-0.3, -0.25) is 9.36 Å². The summed E-state index contributed by atoms with van der Waals surface area (Å²) in [5.74, 6) is -1.44. The number of hydrogen-bond donors (Lipinski definition) is 1. The number of amides is 1. The fraction of sp³-hybridized carbons (Fsp3) is 0.733. The van der Waals surface area contributed by atoms with Crippen molar-refractivity contribution in [3.8, 4) is 0 Å². The van der Waals surface area contributed by atoms with Gasteiger partial charge < -0.3 is 19.5 Å². The molecule has 2 saturated heterocycles. The molecule has 3 rings (SSSR count). The van der Waals surface area contributed by atoms with E-state index in [-0.39, 0.29) is 23.5 Å². The number of piperidine rings is 1. The number of carbonyl (C=O) groups excluding carboxylic acids is 2. The van der Waals surface area contributed by atoms with Crippen molar-refractivity contribution in [3.63, 3.8) is 0 Å².